The second kappa shape index (κ2) is 9.35. The van der Waals surface area contributed by atoms with Crippen molar-refractivity contribution in [3.05, 3.63) is 59.7 Å². The number of benzene rings is 2. The third-order valence-electron chi connectivity index (χ3n) is 3.56. The number of para-hydroxylation sites is 1. The van der Waals surface area contributed by atoms with Crippen LogP contribution in [-0.2, 0) is 11.2 Å². The molecule has 126 valence electrons. The molecule has 5 nitrogen and oxygen atoms in total. The van der Waals surface area contributed by atoms with Crippen molar-refractivity contribution in [3.63, 3.8) is 0 Å². The van der Waals surface area contributed by atoms with Gasteiger partial charge in [0.25, 0.3) is 0 Å². The Balaban J connectivity index is 1.74. The van der Waals surface area contributed by atoms with Crippen LogP contribution in [0.3, 0.4) is 0 Å². The maximum absolute atomic E-state index is 11.8. The van der Waals surface area contributed by atoms with Crippen molar-refractivity contribution in [1.82, 2.24) is 5.43 Å². The second-order valence-corrected chi connectivity index (χ2v) is 5.24. The Kier molecular flexibility index (Phi) is 6.83. The third-order valence-corrected chi connectivity index (χ3v) is 3.56. The van der Waals surface area contributed by atoms with Gasteiger partial charge in [-0.25, -0.2) is 5.43 Å². The van der Waals surface area contributed by atoms with Gasteiger partial charge in [-0.2, -0.15) is 5.10 Å². The molecule has 2 aromatic carbocycles. The highest BCUT2D eigenvalue weighted by Crippen LogP contribution is 2.15. The fraction of sp³-hybridized carbons (Fsp3) is 0.263. The number of nitrogens with one attached hydrogen (secondary N) is 1. The summed E-state index contributed by atoms with van der Waals surface area (Å²) in [5.41, 5.74) is 4.54. The molecule has 0 aromatic heterocycles. The summed E-state index contributed by atoms with van der Waals surface area (Å²) < 4.78 is 10.3. The van der Waals surface area contributed by atoms with Crippen molar-refractivity contribution in [2.75, 3.05) is 14.2 Å². The molecule has 5 heteroatoms. The van der Waals surface area contributed by atoms with Crippen LogP contribution < -0.4 is 14.9 Å². The van der Waals surface area contributed by atoms with Gasteiger partial charge in [0.05, 0.1) is 20.4 Å². The highest BCUT2D eigenvalue weighted by atomic mass is 16.5. The number of nitrogens with zero attached hydrogens (tertiary/aromatic N) is 1. The summed E-state index contributed by atoms with van der Waals surface area (Å²) in [7, 11) is 3.25. The zero-order valence-corrected chi connectivity index (χ0v) is 14.0. The predicted octanol–water partition coefficient (Wildman–Crippen LogP) is 3.18. The van der Waals surface area contributed by atoms with Gasteiger partial charge in [-0.1, -0.05) is 24.3 Å². The summed E-state index contributed by atoms with van der Waals surface area (Å²) in [6.45, 7) is 0. The Bertz CT molecular complexity index is 681. The van der Waals surface area contributed by atoms with Crippen LogP contribution in [0.4, 0.5) is 0 Å². The van der Waals surface area contributed by atoms with Crippen LogP contribution in [0.5, 0.6) is 11.5 Å². The van der Waals surface area contributed by atoms with E-state index in [1.165, 1.54) is 5.56 Å². The molecule has 0 atom stereocenters. The van der Waals surface area contributed by atoms with Crippen molar-refractivity contribution in [3.8, 4) is 11.5 Å². The minimum absolute atomic E-state index is 0.102. The summed E-state index contributed by atoms with van der Waals surface area (Å²) in [6, 6.07) is 15.4. The zero-order valence-electron chi connectivity index (χ0n) is 14.0. The van der Waals surface area contributed by atoms with E-state index in [9.17, 15) is 4.79 Å². The predicted molar refractivity (Wildman–Crippen MR) is 94.7 cm³/mol. The first-order valence-electron chi connectivity index (χ1n) is 7.81. The molecule has 2 rings (SSSR count). The molecular formula is C19H22N2O3. The number of hydrazone groups is 1. The number of hydrogen-bond donors (Lipinski definition) is 1. The second-order valence-electron chi connectivity index (χ2n) is 5.24. The van der Waals surface area contributed by atoms with E-state index >= 15 is 0 Å². The summed E-state index contributed by atoms with van der Waals surface area (Å²) in [4.78, 5) is 11.8. The molecule has 2 aromatic rings. The Hall–Kier alpha value is -2.82. The summed E-state index contributed by atoms with van der Waals surface area (Å²) >= 11 is 0. The van der Waals surface area contributed by atoms with E-state index in [0.29, 0.717) is 6.42 Å². The number of aryl methyl sites for hydroxylation is 1. The number of ether oxygens (including phenoxy) is 2. The van der Waals surface area contributed by atoms with Crippen LogP contribution in [0.1, 0.15) is 24.0 Å². The molecule has 1 amide bonds. The van der Waals surface area contributed by atoms with Crippen LogP contribution >= 0.6 is 0 Å². The first kappa shape index (κ1) is 17.5. The van der Waals surface area contributed by atoms with Gasteiger partial charge in [0.2, 0.25) is 5.91 Å². The number of rotatable bonds is 8. The number of hydrogen-bond acceptors (Lipinski definition) is 4. The van der Waals surface area contributed by atoms with Crippen LogP contribution in [0.25, 0.3) is 0 Å². The molecule has 24 heavy (non-hydrogen) atoms. The molecule has 0 unspecified atom stereocenters. The number of amides is 1. The Labute approximate surface area is 142 Å². The van der Waals surface area contributed by atoms with Crippen molar-refractivity contribution in [1.29, 1.82) is 0 Å². The lowest BCUT2D eigenvalue weighted by Crippen LogP contribution is -2.17. The van der Waals surface area contributed by atoms with Gasteiger partial charge in [-0.05, 0) is 42.7 Å². The van der Waals surface area contributed by atoms with Gasteiger partial charge in [0.15, 0.2) is 0 Å². The van der Waals surface area contributed by atoms with Crippen molar-refractivity contribution >= 4 is 12.1 Å². The van der Waals surface area contributed by atoms with E-state index in [1.54, 1.807) is 20.4 Å². The normalized spacial score (nSPS) is 10.6. The van der Waals surface area contributed by atoms with Crippen LogP contribution in [-0.4, -0.2) is 26.3 Å². The Morgan fingerprint density at radius 1 is 1.08 bits per heavy atom. The molecule has 0 saturated heterocycles. The van der Waals surface area contributed by atoms with E-state index in [-0.39, 0.29) is 5.91 Å². The molecule has 0 bridgehead atoms. The minimum Gasteiger partial charge on any atom is -0.497 e. The smallest absolute Gasteiger partial charge is 0.240 e. The lowest BCUT2D eigenvalue weighted by molar-refractivity contribution is -0.121. The fourth-order valence-electron chi connectivity index (χ4n) is 2.25. The van der Waals surface area contributed by atoms with Crippen molar-refractivity contribution in [2.45, 2.75) is 19.3 Å². The maximum Gasteiger partial charge on any atom is 0.240 e. The molecule has 1 N–H and O–H groups in total. The molecule has 0 aliphatic heterocycles. The van der Waals surface area contributed by atoms with Crippen LogP contribution in [0, 0.1) is 0 Å². The quantitative estimate of drug-likeness (QED) is 0.599. The first-order valence-corrected chi connectivity index (χ1v) is 7.81. The molecule has 0 radical (unpaired) electrons. The molecular weight excluding hydrogens is 304 g/mol. The van der Waals surface area contributed by atoms with Crippen molar-refractivity contribution < 1.29 is 14.3 Å². The van der Waals surface area contributed by atoms with E-state index in [1.807, 2.05) is 48.5 Å². The largest absolute Gasteiger partial charge is 0.497 e. The molecule has 0 aliphatic carbocycles. The average Bonchev–Trinajstić information content (AvgIpc) is 2.62. The molecule has 0 aliphatic rings. The highest BCUT2D eigenvalue weighted by molar-refractivity contribution is 5.85. The van der Waals surface area contributed by atoms with E-state index in [4.69, 9.17) is 9.47 Å². The van der Waals surface area contributed by atoms with Crippen LogP contribution in [0.15, 0.2) is 53.6 Å². The van der Waals surface area contributed by atoms with Gasteiger partial charge in [-0.15, -0.1) is 0 Å². The lowest BCUT2D eigenvalue weighted by atomic mass is 10.1. The molecule has 0 fully saturated rings. The monoisotopic (exact) mass is 326 g/mol. The Morgan fingerprint density at radius 2 is 1.83 bits per heavy atom. The van der Waals surface area contributed by atoms with Gasteiger partial charge in [0.1, 0.15) is 11.5 Å². The number of carbonyl (C=O) groups is 1. The van der Waals surface area contributed by atoms with Gasteiger partial charge < -0.3 is 9.47 Å². The first-order chi connectivity index (χ1) is 11.7. The highest BCUT2D eigenvalue weighted by Gasteiger charge is 2.02. The van der Waals surface area contributed by atoms with Gasteiger partial charge >= 0.3 is 0 Å². The fourth-order valence-corrected chi connectivity index (χ4v) is 2.25. The summed E-state index contributed by atoms with van der Waals surface area (Å²) in [6.07, 6.45) is 3.62. The van der Waals surface area contributed by atoms with Gasteiger partial charge in [-0.3, -0.25) is 4.79 Å². The average molecular weight is 326 g/mol. The minimum atomic E-state index is -0.102. The van der Waals surface area contributed by atoms with Crippen molar-refractivity contribution in [2.24, 2.45) is 5.10 Å². The third kappa shape index (κ3) is 5.43. The lowest BCUT2D eigenvalue weighted by Gasteiger charge is -2.04. The number of carbonyl (C=O) groups excluding carboxylic acids is 1. The number of methoxy groups -OCH3 is 2. The van der Waals surface area contributed by atoms with E-state index < -0.39 is 0 Å². The SMILES string of the molecule is COc1ccc(CCCC(=O)N/N=C\c2ccccc2OC)cc1. The molecule has 0 spiro atoms. The summed E-state index contributed by atoms with van der Waals surface area (Å²) in [5, 5.41) is 3.98. The molecule has 0 heterocycles. The van der Waals surface area contributed by atoms with E-state index in [2.05, 4.69) is 10.5 Å². The van der Waals surface area contributed by atoms with Crippen LogP contribution in [0.2, 0.25) is 0 Å². The standard InChI is InChI=1S/C19H22N2O3/c1-23-17-12-10-15(11-13-17)6-5-9-19(22)21-20-14-16-7-3-4-8-18(16)24-2/h3-4,7-8,10-14H,5-6,9H2,1-2H3,(H,21,22)/b20-14-. The topological polar surface area (TPSA) is 59.9 Å². The van der Waals surface area contributed by atoms with Gasteiger partial charge in [0, 0.05) is 12.0 Å². The zero-order chi connectivity index (χ0) is 17.2. The van der Waals surface area contributed by atoms with E-state index in [0.717, 1.165) is 29.9 Å². The maximum atomic E-state index is 11.8. The summed E-state index contributed by atoms with van der Waals surface area (Å²) in [5.74, 6) is 1.45. The molecule has 0 saturated carbocycles. The Morgan fingerprint density at radius 3 is 2.54 bits per heavy atom.